The zero-order valence-electron chi connectivity index (χ0n) is 16.2. The Kier molecular flexibility index (Phi) is 6.46. The number of thioether (sulfide) groups is 2. The van der Waals surface area contributed by atoms with E-state index in [2.05, 4.69) is 4.99 Å². The van der Waals surface area contributed by atoms with Crippen LogP contribution in [-0.4, -0.2) is 53.3 Å². The van der Waals surface area contributed by atoms with Gasteiger partial charge < -0.3 is 9.47 Å². The summed E-state index contributed by atoms with van der Waals surface area (Å²) in [7, 11) is 3.23. The van der Waals surface area contributed by atoms with Gasteiger partial charge >= 0.3 is 0 Å². The number of amides is 1. The summed E-state index contributed by atoms with van der Waals surface area (Å²) < 4.78 is 12.1. The molecule has 1 aromatic heterocycles. The van der Waals surface area contributed by atoms with Gasteiger partial charge in [0.15, 0.2) is 11.5 Å². The maximum absolute atomic E-state index is 13.1. The zero-order chi connectivity index (χ0) is 20.2. The number of rotatable bonds is 6. The molecule has 2 aliphatic rings. The number of carbonyl (C=O) groups is 1. The molecule has 3 heterocycles. The van der Waals surface area contributed by atoms with Crippen LogP contribution in [-0.2, 0) is 4.79 Å². The third-order valence-corrected chi connectivity index (χ3v) is 7.80. The van der Waals surface area contributed by atoms with Crippen LogP contribution in [0.15, 0.2) is 45.8 Å². The van der Waals surface area contributed by atoms with E-state index in [-0.39, 0.29) is 11.9 Å². The molecule has 0 saturated carbocycles. The second kappa shape index (κ2) is 9.23. The molecule has 152 valence electrons. The second-order valence-corrected chi connectivity index (χ2v) is 9.60. The van der Waals surface area contributed by atoms with E-state index in [1.54, 1.807) is 42.3 Å². The van der Waals surface area contributed by atoms with Gasteiger partial charge in [-0.15, -0.1) is 11.3 Å². The highest BCUT2D eigenvalue weighted by atomic mass is 32.2. The van der Waals surface area contributed by atoms with E-state index in [4.69, 9.17) is 14.6 Å². The smallest absolute Gasteiger partial charge is 0.253 e. The molecule has 1 amide bonds. The van der Waals surface area contributed by atoms with Gasteiger partial charge in [-0.25, -0.2) is 5.01 Å². The van der Waals surface area contributed by atoms with Crippen LogP contribution in [0.2, 0.25) is 0 Å². The highest BCUT2D eigenvalue weighted by Gasteiger charge is 2.36. The summed E-state index contributed by atoms with van der Waals surface area (Å²) in [4.78, 5) is 18.6. The predicted molar refractivity (Wildman–Crippen MR) is 122 cm³/mol. The lowest BCUT2D eigenvalue weighted by Crippen LogP contribution is -2.29. The van der Waals surface area contributed by atoms with E-state index in [0.717, 1.165) is 32.8 Å². The molecule has 29 heavy (non-hydrogen) atoms. The Hall–Kier alpha value is -1.97. The van der Waals surface area contributed by atoms with Gasteiger partial charge in [-0.3, -0.25) is 9.79 Å². The summed E-state index contributed by atoms with van der Waals surface area (Å²) in [5.74, 6) is 2.56. The quantitative estimate of drug-likeness (QED) is 0.661. The summed E-state index contributed by atoms with van der Waals surface area (Å²) in [6.45, 7) is 0.829. The van der Waals surface area contributed by atoms with Crippen molar-refractivity contribution >= 4 is 50.9 Å². The molecule has 0 N–H and O–H groups in total. The SMILES string of the molecule is COc1cccc([C@H]2CC(c3cccs3)=NN2C(=O)CSC2=NCCS2)c1OC. The van der Waals surface area contributed by atoms with Gasteiger partial charge in [-0.05, 0) is 17.5 Å². The minimum absolute atomic E-state index is 0.0355. The Balaban J connectivity index is 1.63. The normalized spacial score (nSPS) is 18.6. The fourth-order valence-electron chi connectivity index (χ4n) is 3.34. The Morgan fingerprint density at radius 1 is 1.28 bits per heavy atom. The number of hydrazone groups is 1. The molecular formula is C20H21N3O3S3. The first-order chi connectivity index (χ1) is 14.2. The fraction of sp³-hybridized carbons (Fsp3) is 0.350. The van der Waals surface area contributed by atoms with Crippen molar-refractivity contribution in [2.45, 2.75) is 12.5 Å². The van der Waals surface area contributed by atoms with Crippen LogP contribution in [0.25, 0.3) is 0 Å². The molecule has 9 heteroatoms. The topological polar surface area (TPSA) is 63.5 Å². The lowest BCUT2D eigenvalue weighted by atomic mass is 9.99. The van der Waals surface area contributed by atoms with Crippen LogP contribution in [0.1, 0.15) is 22.9 Å². The summed E-state index contributed by atoms with van der Waals surface area (Å²) >= 11 is 4.83. The number of carbonyl (C=O) groups excluding carboxylic acids is 1. The van der Waals surface area contributed by atoms with Crippen molar-refractivity contribution in [3.63, 3.8) is 0 Å². The highest BCUT2D eigenvalue weighted by Crippen LogP contribution is 2.42. The van der Waals surface area contributed by atoms with Crippen molar-refractivity contribution in [1.82, 2.24) is 5.01 Å². The van der Waals surface area contributed by atoms with E-state index in [9.17, 15) is 4.79 Å². The standard InChI is InChI=1S/C20H21N3O3S3/c1-25-16-6-3-5-13(19(16)26-2)15-11-14(17-7-4-9-27-17)22-23(15)18(24)12-29-20-21-8-10-28-20/h3-7,9,15H,8,10-12H2,1-2H3/t15-/m1/s1. The fourth-order valence-corrected chi connectivity index (χ4v) is 5.92. The van der Waals surface area contributed by atoms with Crippen LogP contribution < -0.4 is 9.47 Å². The average Bonchev–Trinajstić information content (AvgIpc) is 3.52. The predicted octanol–water partition coefficient (Wildman–Crippen LogP) is 4.28. The number of hydrogen-bond donors (Lipinski definition) is 0. The first kappa shape index (κ1) is 20.3. The van der Waals surface area contributed by atoms with Gasteiger partial charge in [-0.1, -0.05) is 41.7 Å². The van der Waals surface area contributed by atoms with Crippen molar-refractivity contribution in [3.05, 3.63) is 46.2 Å². The number of hydrogen-bond acceptors (Lipinski definition) is 8. The lowest BCUT2D eigenvalue weighted by Gasteiger charge is -2.24. The van der Waals surface area contributed by atoms with E-state index in [1.165, 1.54) is 11.8 Å². The van der Waals surface area contributed by atoms with Crippen LogP contribution in [0.3, 0.4) is 0 Å². The summed E-state index contributed by atoms with van der Waals surface area (Å²) in [6.07, 6.45) is 0.635. The number of aliphatic imine (C=N–C) groups is 1. The number of thiophene rings is 1. The van der Waals surface area contributed by atoms with Crippen molar-refractivity contribution in [2.75, 3.05) is 32.3 Å². The van der Waals surface area contributed by atoms with Gasteiger partial charge in [0.1, 0.15) is 4.38 Å². The molecule has 0 saturated heterocycles. The maximum atomic E-state index is 13.1. The average molecular weight is 448 g/mol. The number of ether oxygens (including phenoxy) is 2. The number of nitrogens with zero attached hydrogens (tertiary/aromatic N) is 3. The van der Waals surface area contributed by atoms with Gasteiger partial charge in [-0.2, -0.15) is 5.10 Å². The van der Waals surface area contributed by atoms with Crippen LogP contribution in [0.4, 0.5) is 0 Å². The Morgan fingerprint density at radius 3 is 2.86 bits per heavy atom. The molecule has 2 aliphatic heterocycles. The summed E-state index contributed by atoms with van der Waals surface area (Å²) in [6, 6.07) is 9.55. The van der Waals surface area contributed by atoms with Gasteiger partial charge in [0.05, 0.1) is 43.1 Å². The second-order valence-electron chi connectivity index (χ2n) is 6.35. The number of benzene rings is 1. The molecule has 0 aliphatic carbocycles. The molecule has 2 aromatic rings. The summed E-state index contributed by atoms with van der Waals surface area (Å²) in [5, 5.41) is 8.35. The Morgan fingerprint density at radius 2 is 2.17 bits per heavy atom. The van der Waals surface area contributed by atoms with Gasteiger partial charge in [0, 0.05) is 17.7 Å². The number of methoxy groups -OCH3 is 2. The third-order valence-electron chi connectivity index (χ3n) is 4.64. The van der Waals surface area contributed by atoms with Gasteiger partial charge in [0.2, 0.25) is 0 Å². The first-order valence-electron chi connectivity index (χ1n) is 9.15. The van der Waals surface area contributed by atoms with E-state index in [0.29, 0.717) is 23.7 Å². The maximum Gasteiger partial charge on any atom is 0.253 e. The van der Waals surface area contributed by atoms with E-state index >= 15 is 0 Å². The molecule has 0 fully saturated rings. The largest absolute Gasteiger partial charge is 0.493 e. The minimum atomic E-state index is -0.233. The van der Waals surface area contributed by atoms with Crippen molar-refractivity contribution in [1.29, 1.82) is 0 Å². The molecule has 0 bridgehead atoms. The molecule has 0 unspecified atom stereocenters. The van der Waals surface area contributed by atoms with Gasteiger partial charge in [0.25, 0.3) is 5.91 Å². The van der Waals surface area contributed by atoms with Crippen molar-refractivity contribution in [3.8, 4) is 11.5 Å². The van der Waals surface area contributed by atoms with E-state index in [1.807, 2.05) is 35.7 Å². The molecule has 0 radical (unpaired) electrons. The lowest BCUT2D eigenvalue weighted by molar-refractivity contribution is -0.130. The van der Waals surface area contributed by atoms with E-state index < -0.39 is 0 Å². The van der Waals surface area contributed by atoms with Crippen LogP contribution in [0.5, 0.6) is 11.5 Å². The third kappa shape index (κ3) is 4.31. The van der Waals surface area contributed by atoms with Crippen LogP contribution in [0, 0.1) is 0 Å². The first-order valence-corrected chi connectivity index (χ1v) is 12.0. The molecule has 1 atom stereocenters. The van der Waals surface area contributed by atoms with Crippen molar-refractivity contribution < 1.29 is 14.3 Å². The zero-order valence-corrected chi connectivity index (χ0v) is 18.6. The highest BCUT2D eigenvalue weighted by molar-refractivity contribution is 8.39. The van der Waals surface area contributed by atoms with Crippen LogP contribution >= 0.6 is 34.9 Å². The minimum Gasteiger partial charge on any atom is -0.493 e. The molecule has 6 nitrogen and oxygen atoms in total. The van der Waals surface area contributed by atoms with Crippen molar-refractivity contribution in [2.24, 2.45) is 10.1 Å². The Labute approximate surface area is 182 Å². The summed E-state index contributed by atoms with van der Waals surface area (Å²) in [5.41, 5.74) is 1.81. The molecule has 0 spiro atoms. The number of para-hydroxylation sites is 1. The monoisotopic (exact) mass is 447 g/mol. The molecule has 4 rings (SSSR count). The molecule has 1 aromatic carbocycles. The molecular weight excluding hydrogens is 426 g/mol. The Bertz CT molecular complexity index is 944.